The van der Waals surface area contributed by atoms with Crippen LogP contribution >= 0.6 is 0 Å². The molecule has 8 nitrogen and oxygen atoms in total. The number of piperidine rings is 1. The molecular weight excluding hydrogens is 436 g/mol. The van der Waals surface area contributed by atoms with Crippen molar-refractivity contribution >= 4 is 28.8 Å². The first kappa shape index (κ1) is 23.7. The van der Waals surface area contributed by atoms with Crippen molar-refractivity contribution in [1.82, 2.24) is 19.9 Å². The van der Waals surface area contributed by atoms with Gasteiger partial charge in [-0.25, -0.2) is 19.9 Å². The summed E-state index contributed by atoms with van der Waals surface area (Å²) >= 11 is 0. The smallest absolute Gasteiger partial charge is 0.227 e. The predicted molar refractivity (Wildman–Crippen MR) is 144 cm³/mol. The highest BCUT2D eigenvalue weighted by Gasteiger charge is 2.11. The molecule has 0 spiro atoms. The third kappa shape index (κ3) is 6.54. The first-order valence-electron chi connectivity index (χ1n) is 11.7. The van der Waals surface area contributed by atoms with Gasteiger partial charge in [-0.2, -0.15) is 0 Å². The van der Waals surface area contributed by atoms with E-state index in [0.29, 0.717) is 11.8 Å². The molecule has 0 atom stereocenters. The van der Waals surface area contributed by atoms with Gasteiger partial charge in [0.2, 0.25) is 5.95 Å². The monoisotopic (exact) mass is 466 g/mol. The maximum atomic E-state index is 4.69. The fraction of sp³-hybridized carbons (Fsp3) is 0.185. The van der Waals surface area contributed by atoms with Crippen LogP contribution in [0, 0.1) is 0 Å². The molecule has 1 aliphatic heterocycles. The molecule has 0 unspecified atom stereocenters. The van der Waals surface area contributed by atoms with Gasteiger partial charge in [0.05, 0.1) is 11.4 Å². The summed E-state index contributed by atoms with van der Waals surface area (Å²) in [4.78, 5) is 19.5. The van der Waals surface area contributed by atoms with Gasteiger partial charge < -0.3 is 10.2 Å². The number of hydrogen-bond acceptors (Lipinski definition) is 8. The number of hydrazine groups is 1. The Hall–Kier alpha value is -4.46. The van der Waals surface area contributed by atoms with E-state index in [0.717, 1.165) is 35.7 Å². The van der Waals surface area contributed by atoms with Crippen molar-refractivity contribution in [3.8, 4) is 11.3 Å². The first-order valence-corrected chi connectivity index (χ1v) is 11.7. The Morgan fingerprint density at radius 3 is 2.17 bits per heavy atom. The number of benzene rings is 2. The van der Waals surface area contributed by atoms with Gasteiger partial charge in [-0.15, -0.1) is 13.2 Å². The zero-order valence-electron chi connectivity index (χ0n) is 19.7. The van der Waals surface area contributed by atoms with E-state index in [9.17, 15) is 0 Å². The zero-order valence-corrected chi connectivity index (χ0v) is 19.7. The summed E-state index contributed by atoms with van der Waals surface area (Å²) in [5, 5.41) is 3.32. The maximum Gasteiger partial charge on any atom is 0.227 e. The van der Waals surface area contributed by atoms with E-state index in [2.05, 4.69) is 78.4 Å². The second-order valence-electron chi connectivity index (χ2n) is 7.91. The van der Waals surface area contributed by atoms with Crippen LogP contribution < -0.4 is 21.1 Å². The average molecular weight is 467 g/mol. The molecule has 8 heteroatoms. The Labute approximate surface area is 206 Å². The topological polar surface area (TPSA) is 90.9 Å². The molecule has 2 aromatic carbocycles. The average Bonchev–Trinajstić information content (AvgIpc) is 2.95. The van der Waals surface area contributed by atoms with Crippen molar-refractivity contribution in [3.63, 3.8) is 0 Å². The quantitative estimate of drug-likeness (QED) is 0.229. The summed E-state index contributed by atoms with van der Waals surface area (Å²) in [6, 6.07) is 20.2. The lowest BCUT2D eigenvalue weighted by molar-refractivity contribution is 0.578. The lowest BCUT2D eigenvalue weighted by atomic mass is 10.1. The molecule has 1 saturated heterocycles. The van der Waals surface area contributed by atoms with Crippen LogP contribution in [0.3, 0.4) is 0 Å². The Kier molecular flexibility index (Phi) is 8.21. The highest BCUT2D eigenvalue weighted by atomic mass is 15.4. The van der Waals surface area contributed by atoms with Crippen LogP contribution in [-0.2, 0) is 0 Å². The summed E-state index contributed by atoms with van der Waals surface area (Å²) < 4.78 is 0. The minimum atomic E-state index is 0.575. The Balaban J connectivity index is 0.00000141. The van der Waals surface area contributed by atoms with Gasteiger partial charge >= 0.3 is 0 Å². The van der Waals surface area contributed by atoms with Crippen LogP contribution in [0.5, 0.6) is 0 Å². The van der Waals surface area contributed by atoms with Crippen LogP contribution in [0.4, 0.5) is 28.8 Å². The molecular formula is C27H30N8. The van der Waals surface area contributed by atoms with E-state index in [1.807, 2.05) is 30.3 Å². The minimum absolute atomic E-state index is 0.575. The normalized spacial score (nSPS) is 12.7. The molecule has 35 heavy (non-hydrogen) atoms. The zero-order chi connectivity index (χ0) is 24.3. The van der Waals surface area contributed by atoms with Gasteiger partial charge in [-0.3, -0.25) is 10.9 Å². The summed E-state index contributed by atoms with van der Waals surface area (Å²) in [6.45, 7) is 8.28. The maximum absolute atomic E-state index is 4.69. The fourth-order valence-corrected chi connectivity index (χ4v) is 3.84. The largest absolute Gasteiger partial charge is 0.372 e. The molecule has 5 rings (SSSR count). The lowest BCUT2D eigenvalue weighted by Crippen LogP contribution is -2.29. The van der Waals surface area contributed by atoms with Gasteiger partial charge in [0.1, 0.15) is 12.1 Å². The Morgan fingerprint density at radius 2 is 1.46 bits per heavy atom. The second-order valence-corrected chi connectivity index (χ2v) is 7.91. The van der Waals surface area contributed by atoms with E-state index in [4.69, 9.17) is 0 Å². The lowest BCUT2D eigenvalue weighted by Gasteiger charge is -2.28. The molecule has 0 amide bonds. The van der Waals surface area contributed by atoms with Crippen LogP contribution in [-0.4, -0.2) is 33.0 Å². The van der Waals surface area contributed by atoms with Crippen LogP contribution in [0.25, 0.3) is 11.3 Å². The number of rotatable bonds is 7. The molecule has 3 heterocycles. The summed E-state index contributed by atoms with van der Waals surface area (Å²) in [5.41, 5.74) is 11.2. The van der Waals surface area contributed by atoms with Gasteiger partial charge in [-0.1, -0.05) is 12.1 Å². The SMILES string of the molecule is C=C.c1cc(NNc2ccc(-c3ccnc(Nc4ccc(N5CCCCC5)cc4)n3)cc2)ncn1. The molecule has 0 saturated carbocycles. The van der Waals surface area contributed by atoms with Crippen molar-refractivity contribution in [1.29, 1.82) is 0 Å². The summed E-state index contributed by atoms with van der Waals surface area (Å²) in [6.07, 6.45) is 8.84. The van der Waals surface area contributed by atoms with E-state index < -0.39 is 0 Å². The van der Waals surface area contributed by atoms with Gasteiger partial charge in [0.25, 0.3) is 0 Å². The van der Waals surface area contributed by atoms with Crippen LogP contribution in [0.1, 0.15) is 19.3 Å². The first-order chi connectivity index (χ1) is 17.3. The molecule has 178 valence electrons. The third-order valence-electron chi connectivity index (χ3n) is 5.60. The van der Waals surface area contributed by atoms with Crippen molar-refractivity contribution in [2.75, 3.05) is 34.2 Å². The van der Waals surface area contributed by atoms with Crippen molar-refractivity contribution in [2.45, 2.75) is 19.3 Å². The van der Waals surface area contributed by atoms with Gasteiger partial charge in [-0.05, 0) is 61.7 Å². The van der Waals surface area contributed by atoms with Gasteiger partial charge in [0, 0.05) is 48.5 Å². The Morgan fingerprint density at radius 1 is 0.714 bits per heavy atom. The predicted octanol–water partition coefficient (Wildman–Crippen LogP) is 5.91. The highest BCUT2D eigenvalue weighted by molar-refractivity contribution is 5.65. The molecule has 2 aromatic heterocycles. The van der Waals surface area contributed by atoms with Gasteiger partial charge in [0.15, 0.2) is 0 Å². The minimum Gasteiger partial charge on any atom is -0.372 e. The Bertz CT molecular complexity index is 1170. The fourth-order valence-electron chi connectivity index (χ4n) is 3.84. The van der Waals surface area contributed by atoms with E-state index >= 15 is 0 Å². The molecule has 0 radical (unpaired) electrons. The van der Waals surface area contributed by atoms with Crippen molar-refractivity contribution in [2.24, 2.45) is 0 Å². The number of nitrogens with zero attached hydrogens (tertiary/aromatic N) is 5. The number of nitrogens with one attached hydrogen (secondary N) is 3. The third-order valence-corrected chi connectivity index (χ3v) is 5.60. The molecule has 3 N–H and O–H groups in total. The van der Waals surface area contributed by atoms with E-state index in [1.54, 1.807) is 18.5 Å². The summed E-state index contributed by atoms with van der Waals surface area (Å²) in [5.74, 6) is 1.27. The molecule has 0 aliphatic carbocycles. The van der Waals surface area contributed by atoms with E-state index in [-0.39, 0.29) is 0 Å². The molecule has 0 bridgehead atoms. The van der Waals surface area contributed by atoms with Crippen LogP contribution in [0.2, 0.25) is 0 Å². The number of anilines is 5. The van der Waals surface area contributed by atoms with Crippen LogP contribution in [0.15, 0.2) is 92.5 Å². The van der Waals surface area contributed by atoms with Crippen molar-refractivity contribution < 1.29 is 0 Å². The number of aromatic nitrogens is 4. The summed E-state index contributed by atoms with van der Waals surface area (Å²) in [7, 11) is 0. The highest BCUT2D eigenvalue weighted by Crippen LogP contribution is 2.24. The second kappa shape index (κ2) is 12.1. The molecule has 1 fully saturated rings. The molecule has 4 aromatic rings. The molecule has 1 aliphatic rings. The number of hydrogen-bond donors (Lipinski definition) is 3. The van der Waals surface area contributed by atoms with E-state index in [1.165, 1.54) is 31.3 Å². The standard InChI is InChI=1S/C25H26N8.C2H4/c1-2-16-33(17-3-1)22-10-8-20(9-11-22)29-25-27-15-12-23(30-25)19-4-6-21(7-5-19)31-32-24-13-14-26-18-28-24;1-2/h4-15,18,31H,1-3,16-17H2,(H,26,28,32)(H,27,29,30);1-2H2. The van der Waals surface area contributed by atoms with Crippen molar-refractivity contribution in [3.05, 3.63) is 92.5 Å².